The molecule has 134 valence electrons. The molecule has 1 atom stereocenters. The molecule has 0 radical (unpaired) electrons. The zero-order chi connectivity index (χ0) is 18.4. The number of fused-ring (bicyclic) bond motifs is 1. The molecule has 2 aromatic carbocycles. The van der Waals surface area contributed by atoms with E-state index in [1.165, 1.54) is 11.1 Å². The van der Waals surface area contributed by atoms with Crippen LogP contribution in [0.15, 0.2) is 60.9 Å². The molecule has 0 aliphatic rings. The number of hydrogen-bond acceptors (Lipinski definition) is 4. The average Bonchev–Trinajstić information content (AvgIpc) is 3.09. The van der Waals surface area contributed by atoms with Crippen molar-refractivity contribution in [3.63, 3.8) is 0 Å². The van der Waals surface area contributed by atoms with Crippen molar-refractivity contribution in [1.82, 2.24) is 15.0 Å². The number of rotatable bonds is 8. The minimum atomic E-state index is -0.625. The van der Waals surface area contributed by atoms with Crippen molar-refractivity contribution in [3.05, 3.63) is 66.5 Å². The molecular weight excluding hydrogens is 330 g/mol. The largest absolute Gasteiger partial charge is 0.404 e. The van der Waals surface area contributed by atoms with Gasteiger partial charge in [0.1, 0.15) is 11.8 Å². The van der Waals surface area contributed by atoms with Crippen LogP contribution in [0.5, 0.6) is 0 Å². The highest BCUT2D eigenvalue weighted by molar-refractivity contribution is 5.90. The molecule has 26 heavy (non-hydrogen) atoms. The predicted octanol–water partition coefficient (Wildman–Crippen LogP) is 2.17. The highest BCUT2D eigenvalue weighted by Gasteiger charge is 2.21. The van der Waals surface area contributed by atoms with Gasteiger partial charge in [-0.15, -0.1) is 0 Å². The molecule has 3 rings (SSSR count). The van der Waals surface area contributed by atoms with Crippen molar-refractivity contribution in [2.75, 3.05) is 6.61 Å². The first-order valence-corrected chi connectivity index (χ1v) is 8.58. The van der Waals surface area contributed by atoms with E-state index in [1.54, 1.807) is 6.92 Å². The second-order valence-corrected chi connectivity index (χ2v) is 5.96. The summed E-state index contributed by atoms with van der Waals surface area (Å²) >= 11 is 0. The monoisotopic (exact) mass is 351 g/mol. The second kappa shape index (κ2) is 8.29. The molecule has 0 saturated carbocycles. The number of carbonyl (C=O) groups excluding carboxylic acids is 2. The first-order chi connectivity index (χ1) is 12.7. The van der Waals surface area contributed by atoms with Crippen LogP contribution in [0.4, 0.5) is 0 Å². The van der Waals surface area contributed by atoms with Crippen molar-refractivity contribution in [1.29, 1.82) is 0 Å². The lowest BCUT2D eigenvalue weighted by Crippen LogP contribution is -2.44. The summed E-state index contributed by atoms with van der Waals surface area (Å²) in [6.45, 7) is 1.61. The standard InChI is InChI=1S/C20H21N3O3/c1-2-20(25)22-17(12-15-8-4-3-5-9-15)19(24)13-26-23-14-21-16-10-6-7-11-18(16)23/h3-11,14,17H,2,12-13H2,1H3,(H,22,25). The van der Waals surface area contributed by atoms with Crippen LogP contribution in [0, 0.1) is 0 Å². The molecule has 1 unspecified atom stereocenters. The minimum absolute atomic E-state index is 0.151. The van der Waals surface area contributed by atoms with Gasteiger partial charge >= 0.3 is 0 Å². The maximum atomic E-state index is 12.7. The van der Waals surface area contributed by atoms with Gasteiger partial charge in [0.05, 0.1) is 11.6 Å². The predicted molar refractivity (Wildman–Crippen MR) is 98.6 cm³/mol. The van der Waals surface area contributed by atoms with Gasteiger partial charge in [0.15, 0.2) is 12.4 Å². The van der Waals surface area contributed by atoms with Gasteiger partial charge in [-0.2, -0.15) is 4.73 Å². The number of carbonyl (C=O) groups is 2. The summed E-state index contributed by atoms with van der Waals surface area (Å²) in [7, 11) is 0. The van der Waals surface area contributed by atoms with E-state index in [-0.39, 0.29) is 18.3 Å². The number of amides is 1. The fraction of sp³-hybridized carbons (Fsp3) is 0.250. The molecule has 1 heterocycles. The van der Waals surface area contributed by atoms with E-state index in [1.807, 2.05) is 54.6 Å². The van der Waals surface area contributed by atoms with E-state index >= 15 is 0 Å². The third-order valence-electron chi connectivity index (χ3n) is 4.09. The Kier molecular flexibility index (Phi) is 5.63. The van der Waals surface area contributed by atoms with Crippen molar-refractivity contribution >= 4 is 22.7 Å². The Bertz CT molecular complexity index is 889. The second-order valence-electron chi connectivity index (χ2n) is 5.96. The van der Waals surface area contributed by atoms with E-state index in [2.05, 4.69) is 10.3 Å². The zero-order valence-electron chi connectivity index (χ0n) is 14.6. The minimum Gasteiger partial charge on any atom is -0.404 e. The van der Waals surface area contributed by atoms with Crippen LogP contribution in [0.3, 0.4) is 0 Å². The van der Waals surface area contributed by atoms with E-state index in [9.17, 15) is 9.59 Å². The van der Waals surface area contributed by atoms with Crippen molar-refractivity contribution < 1.29 is 14.4 Å². The molecule has 0 fully saturated rings. The first-order valence-electron chi connectivity index (χ1n) is 8.58. The number of hydrogen-bond donors (Lipinski definition) is 1. The molecule has 6 nitrogen and oxygen atoms in total. The van der Waals surface area contributed by atoms with Crippen LogP contribution < -0.4 is 10.2 Å². The van der Waals surface area contributed by atoms with Gasteiger partial charge in [0, 0.05) is 6.42 Å². The number of ketones is 1. The van der Waals surface area contributed by atoms with Crippen molar-refractivity contribution in [2.24, 2.45) is 0 Å². The number of Topliss-reactive ketones (excluding diaryl/α,β-unsaturated/α-hetero) is 1. The van der Waals surface area contributed by atoms with E-state index in [4.69, 9.17) is 4.84 Å². The molecule has 1 N–H and O–H groups in total. The van der Waals surface area contributed by atoms with Crippen molar-refractivity contribution in [3.8, 4) is 0 Å². The molecule has 1 aromatic heterocycles. The lowest BCUT2D eigenvalue weighted by atomic mass is 10.0. The topological polar surface area (TPSA) is 73.2 Å². The molecule has 3 aromatic rings. The highest BCUT2D eigenvalue weighted by atomic mass is 16.7. The molecule has 0 aliphatic carbocycles. The summed E-state index contributed by atoms with van der Waals surface area (Å²) in [4.78, 5) is 34.3. The van der Waals surface area contributed by atoms with Gasteiger partial charge in [-0.3, -0.25) is 9.59 Å². The fourth-order valence-corrected chi connectivity index (χ4v) is 2.66. The number of benzene rings is 2. The number of imidazole rings is 1. The van der Waals surface area contributed by atoms with Crippen LogP contribution in [0.25, 0.3) is 11.0 Å². The van der Waals surface area contributed by atoms with Gasteiger partial charge in [0.2, 0.25) is 5.91 Å². The maximum Gasteiger partial charge on any atom is 0.220 e. The Morgan fingerprint density at radius 3 is 2.62 bits per heavy atom. The van der Waals surface area contributed by atoms with E-state index in [0.717, 1.165) is 16.6 Å². The summed E-state index contributed by atoms with van der Waals surface area (Å²) in [5.41, 5.74) is 2.56. The van der Waals surface area contributed by atoms with E-state index in [0.29, 0.717) is 12.8 Å². The number of nitrogens with zero attached hydrogens (tertiary/aromatic N) is 2. The molecule has 6 heteroatoms. The lowest BCUT2D eigenvalue weighted by molar-refractivity contribution is -0.130. The Morgan fingerprint density at radius 1 is 1.12 bits per heavy atom. The molecular formula is C20H21N3O3. The van der Waals surface area contributed by atoms with Gasteiger partial charge in [0.25, 0.3) is 0 Å². The first kappa shape index (κ1) is 17.7. The van der Waals surface area contributed by atoms with Crippen molar-refractivity contribution in [2.45, 2.75) is 25.8 Å². The van der Waals surface area contributed by atoms with E-state index < -0.39 is 6.04 Å². The third-order valence-corrected chi connectivity index (χ3v) is 4.09. The Morgan fingerprint density at radius 2 is 1.85 bits per heavy atom. The van der Waals surface area contributed by atoms with Gasteiger partial charge < -0.3 is 10.2 Å². The fourth-order valence-electron chi connectivity index (χ4n) is 2.66. The summed E-state index contributed by atoms with van der Waals surface area (Å²) in [5, 5.41) is 2.79. The summed E-state index contributed by atoms with van der Waals surface area (Å²) in [6, 6.07) is 16.5. The number of para-hydroxylation sites is 2. The molecule has 0 spiro atoms. The van der Waals surface area contributed by atoms with Crippen LogP contribution in [0.2, 0.25) is 0 Å². The van der Waals surface area contributed by atoms with Crippen LogP contribution in [0.1, 0.15) is 18.9 Å². The quantitative estimate of drug-likeness (QED) is 0.675. The number of nitrogens with one attached hydrogen (secondary N) is 1. The summed E-state index contributed by atoms with van der Waals surface area (Å²) in [6.07, 6.45) is 2.29. The summed E-state index contributed by atoms with van der Waals surface area (Å²) in [5.74, 6) is -0.346. The average molecular weight is 351 g/mol. The molecule has 0 saturated heterocycles. The smallest absolute Gasteiger partial charge is 0.220 e. The van der Waals surface area contributed by atoms with Gasteiger partial charge in [-0.25, -0.2) is 4.98 Å². The number of aromatic nitrogens is 2. The summed E-state index contributed by atoms with van der Waals surface area (Å²) < 4.78 is 1.48. The third kappa shape index (κ3) is 4.27. The SMILES string of the molecule is CCC(=O)NC(Cc1ccccc1)C(=O)COn1cnc2ccccc21. The van der Waals surface area contributed by atoms with Gasteiger partial charge in [-0.05, 0) is 24.1 Å². The highest BCUT2D eigenvalue weighted by Crippen LogP contribution is 2.10. The zero-order valence-corrected chi connectivity index (χ0v) is 14.6. The van der Waals surface area contributed by atoms with Crippen LogP contribution >= 0.6 is 0 Å². The Hall–Kier alpha value is -3.15. The van der Waals surface area contributed by atoms with Crippen LogP contribution in [-0.4, -0.2) is 34.1 Å². The molecule has 1 amide bonds. The normalized spacial score (nSPS) is 11.9. The van der Waals surface area contributed by atoms with Crippen LogP contribution in [-0.2, 0) is 16.0 Å². The maximum absolute atomic E-state index is 12.7. The Balaban J connectivity index is 1.69. The molecule has 0 bridgehead atoms. The van der Waals surface area contributed by atoms with Gasteiger partial charge in [-0.1, -0.05) is 49.4 Å². The lowest BCUT2D eigenvalue weighted by Gasteiger charge is -2.18. The molecule has 0 aliphatic heterocycles. The Labute approximate surface area is 151 Å².